The van der Waals surface area contributed by atoms with E-state index in [0.717, 1.165) is 64.7 Å². The van der Waals surface area contributed by atoms with Crippen molar-refractivity contribution in [2.24, 2.45) is 23.7 Å². The lowest BCUT2D eigenvalue weighted by molar-refractivity contribution is -0.148. The third kappa shape index (κ3) is 40.1. The lowest BCUT2D eigenvalue weighted by Gasteiger charge is -2.32. The summed E-state index contributed by atoms with van der Waals surface area (Å²) < 4.78 is 22.6. The maximum atomic E-state index is 12.5. The number of nitrogens with zero attached hydrogens (tertiary/aromatic N) is 2. The maximum absolute atomic E-state index is 12.5. The zero-order chi connectivity index (χ0) is 52.7. The lowest BCUT2D eigenvalue weighted by Crippen LogP contribution is -2.35. The fourth-order valence-corrected chi connectivity index (χ4v) is 11.7. The molecule has 0 aromatic heterocycles. The molecule has 2 saturated heterocycles. The molecule has 0 amide bonds. The van der Waals surface area contributed by atoms with Gasteiger partial charge in [-0.3, -0.25) is 19.2 Å². The molecule has 428 valence electrons. The van der Waals surface area contributed by atoms with Gasteiger partial charge in [-0.25, -0.2) is 0 Å². The Hall–Kier alpha value is -1.85. The van der Waals surface area contributed by atoms with Crippen LogP contribution in [0.25, 0.3) is 0 Å². The number of likely N-dealkylation sites (tertiary alicyclic amines) is 2. The molecule has 2 rings (SSSR count). The standard InChI is InChI=1S/C62H116N2O8S/c1-5-9-13-17-19-23-31-57(29-21-15-11-7-3)53-71-61(67)35-25-33-59(65)69-49-41-55-37-45-63(46-38-55)43-27-51-73-52-28-44-64-47-39-56(40-48-64)42-50-70-60(66)34-26-36-62(68)72-54-58(30-22-16-12-8-4)32-24-20-18-14-10-6-2/h55-58H,5-54H2,1-4H3. The van der Waals surface area contributed by atoms with E-state index < -0.39 is 0 Å². The first kappa shape index (κ1) is 67.3. The smallest absolute Gasteiger partial charge is 0.305 e. The summed E-state index contributed by atoms with van der Waals surface area (Å²) in [7, 11) is 0. The van der Waals surface area contributed by atoms with Crippen LogP contribution in [0.15, 0.2) is 0 Å². The van der Waals surface area contributed by atoms with Gasteiger partial charge in [-0.05, 0) is 164 Å². The van der Waals surface area contributed by atoms with Crippen LogP contribution in [0.4, 0.5) is 0 Å². The normalized spacial score (nSPS) is 15.8. The van der Waals surface area contributed by atoms with Crippen LogP contribution in [0.5, 0.6) is 0 Å². The Labute approximate surface area is 454 Å². The van der Waals surface area contributed by atoms with E-state index in [4.69, 9.17) is 18.9 Å². The molecule has 0 aromatic carbocycles. The van der Waals surface area contributed by atoms with Gasteiger partial charge in [0.1, 0.15) is 0 Å². The first-order valence-corrected chi connectivity index (χ1v) is 32.6. The van der Waals surface area contributed by atoms with Crippen molar-refractivity contribution in [2.75, 3.05) is 77.2 Å². The Balaban J connectivity index is 1.41. The second kappa shape index (κ2) is 48.5. The van der Waals surface area contributed by atoms with E-state index >= 15 is 0 Å². The largest absolute Gasteiger partial charge is 0.466 e. The average molecular weight is 1050 g/mol. The number of thioether (sulfide) groups is 1. The van der Waals surface area contributed by atoms with Crippen molar-refractivity contribution < 1.29 is 38.1 Å². The van der Waals surface area contributed by atoms with Crippen molar-refractivity contribution in [3.05, 3.63) is 0 Å². The zero-order valence-electron chi connectivity index (χ0n) is 48.2. The molecule has 2 aliphatic rings. The van der Waals surface area contributed by atoms with Gasteiger partial charge in [0.05, 0.1) is 26.4 Å². The van der Waals surface area contributed by atoms with E-state index in [9.17, 15) is 19.2 Å². The number of unbranched alkanes of at least 4 members (excludes halogenated alkanes) is 16. The van der Waals surface area contributed by atoms with Gasteiger partial charge in [0.15, 0.2) is 0 Å². The molecule has 10 nitrogen and oxygen atoms in total. The predicted molar refractivity (Wildman–Crippen MR) is 306 cm³/mol. The van der Waals surface area contributed by atoms with E-state index in [-0.39, 0.29) is 36.7 Å². The quantitative estimate of drug-likeness (QED) is 0.0330. The summed E-state index contributed by atoms with van der Waals surface area (Å²) in [6.07, 6.45) is 41.3. The van der Waals surface area contributed by atoms with Crippen molar-refractivity contribution >= 4 is 35.6 Å². The topological polar surface area (TPSA) is 112 Å². The van der Waals surface area contributed by atoms with Crippen molar-refractivity contribution in [3.8, 4) is 0 Å². The summed E-state index contributed by atoms with van der Waals surface area (Å²) in [6, 6.07) is 0. The second-order valence-corrected chi connectivity index (χ2v) is 23.7. The predicted octanol–water partition coefficient (Wildman–Crippen LogP) is 15.9. The molecule has 2 atom stereocenters. The van der Waals surface area contributed by atoms with Gasteiger partial charge in [-0.1, -0.05) is 156 Å². The SMILES string of the molecule is CCCCCCCCC(CCCCCC)COC(=O)CCCC(=O)OCCC1CCN(CCCSCCCN2CCC(CCOC(=O)CCCC(=O)OCC(CCCCCC)CCCCCCCC)CC2)CC1. The molecule has 11 heteroatoms. The van der Waals surface area contributed by atoms with E-state index in [1.54, 1.807) is 0 Å². The highest BCUT2D eigenvalue weighted by atomic mass is 32.2. The highest BCUT2D eigenvalue weighted by molar-refractivity contribution is 7.99. The first-order chi connectivity index (χ1) is 35.8. The van der Waals surface area contributed by atoms with Gasteiger partial charge < -0.3 is 28.7 Å². The Kier molecular flexibility index (Phi) is 44.7. The highest BCUT2D eigenvalue weighted by Gasteiger charge is 2.22. The van der Waals surface area contributed by atoms with Crippen molar-refractivity contribution in [1.82, 2.24) is 9.80 Å². The second-order valence-electron chi connectivity index (χ2n) is 22.5. The summed E-state index contributed by atoms with van der Waals surface area (Å²) in [5.41, 5.74) is 0. The summed E-state index contributed by atoms with van der Waals surface area (Å²) in [5.74, 6) is 3.87. The molecule has 0 N–H and O–H groups in total. The Morgan fingerprint density at radius 1 is 0.397 bits per heavy atom. The summed E-state index contributed by atoms with van der Waals surface area (Å²) in [5, 5.41) is 0. The Bertz CT molecular complexity index is 1210. The third-order valence-corrected chi connectivity index (χ3v) is 17.0. The minimum Gasteiger partial charge on any atom is -0.466 e. The number of rotatable bonds is 50. The molecule has 0 bridgehead atoms. The monoisotopic (exact) mass is 1050 g/mol. The van der Waals surface area contributed by atoms with E-state index in [1.165, 1.54) is 192 Å². The highest BCUT2D eigenvalue weighted by Crippen LogP contribution is 2.25. The minimum absolute atomic E-state index is 0.173. The first-order valence-electron chi connectivity index (χ1n) is 31.4. The van der Waals surface area contributed by atoms with Gasteiger partial charge in [0.2, 0.25) is 0 Å². The average Bonchev–Trinajstić information content (AvgIpc) is 3.39. The van der Waals surface area contributed by atoms with Gasteiger partial charge in [0, 0.05) is 25.7 Å². The number of carbonyl (C=O) groups excluding carboxylic acids is 4. The molecule has 73 heavy (non-hydrogen) atoms. The van der Waals surface area contributed by atoms with E-state index in [2.05, 4.69) is 49.3 Å². The Morgan fingerprint density at radius 2 is 0.699 bits per heavy atom. The molecule has 2 fully saturated rings. The number of hydrogen-bond donors (Lipinski definition) is 0. The fraction of sp³-hybridized carbons (Fsp3) is 0.935. The molecule has 0 saturated carbocycles. The van der Waals surface area contributed by atoms with Crippen LogP contribution in [0, 0.1) is 23.7 Å². The van der Waals surface area contributed by atoms with Gasteiger partial charge in [-0.2, -0.15) is 11.8 Å². The summed E-state index contributed by atoms with van der Waals surface area (Å²) in [4.78, 5) is 55.1. The van der Waals surface area contributed by atoms with Crippen LogP contribution in [0.2, 0.25) is 0 Å². The van der Waals surface area contributed by atoms with Gasteiger partial charge in [-0.15, -0.1) is 0 Å². The minimum atomic E-state index is -0.189. The number of piperidine rings is 2. The van der Waals surface area contributed by atoms with Gasteiger partial charge >= 0.3 is 23.9 Å². The molecule has 0 aromatic rings. The third-order valence-electron chi connectivity index (χ3n) is 15.9. The van der Waals surface area contributed by atoms with E-state index in [0.29, 0.717) is 75.8 Å². The molecule has 0 radical (unpaired) electrons. The summed E-state index contributed by atoms with van der Waals surface area (Å²) in [6.45, 7) is 17.9. The molecule has 2 aliphatic heterocycles. The van der Waals surface area contributed by atoms with Crippen molar-refractivity contribution in [3.63, 3.8) is 0 Å². The van der Waals surface area contributed by atoms with Crippen LogP contribution < -0.4 is 0 Å². The maximum Gasteiger partial charge on any atom is 0.305 e. The van der Waals surface area contributed by atoms with E-state index in [1.807, 2.05) is 0 Å². The number of ether oxygens (including phenoxy) is 4. The van der Waals surface area contributed by atoms with Crippen LogP contribution in [0.3, 0.4) is 0 Å². The van der Waals surface area contributed by atoms with Crippen LogP contribution in [0.1, 0.15) is 272 Å². The van der Waals surface area contributed by atoms with Crippen LogP contribution in [-0.2, 0) is 38.1 Å². The number of carbonyl (C=O) groups is 4. The lowest BCUT2D eigenvalue weighted by atomic mass is 9.94. The molecule has 2 heterocycles. The van der Waals surface area contributed by atoms with Crippen LogP contribution in [-0.4, -0.2) is 111 Å². The summed E-state index contributed by atoms with van der Waals surface area (Å²) >= 11 is 2.09. The number of esters is 4. The molecule has 2 unspecified atom stereocenters. The number of hydrogen-bond acceptors (Lipinski definition) is 11. The molecule has 0 aliphatic carbocycles. The molecule has 0 spiro atoms. The van der Waals surface area contributed by atoms with Crippen molar-refractivity contribution in [1.29, 1.82) is 0 Å². The Morgan fingerprint density at radius 3 is 1.04 bits per heavy atom. The molecular weight excluding hydrogens is 933 g/mol. The molecular formula is C62H116N2O8S. The van der Waals surface area contributed by atoms with Gasteiger partial charge in [0.25, 0.3) is 0 Å². The van der Waals surface area contributed by atoms with Crippen LogP contribution >= 0.6 is 11.8 Å². The zero-order valence-corrected chi connectivity index (χ0v) is 49.0. The fourth-order valence-electron chi connectivity index (χ4n) is 10.8. The van der Waals surface area contributed by atoms with Crippen molar-refractivity contribution in [2.45, 2.75) is 272 Å².